The SMILES string of the molecule is [CH]CC(=O)OCCCC#N. The summed E-state index contributed by atoms with van der Waals surface area (Å²) in [6.07, 6.45) is 0.909. The van der Waals surface area contributed by atoms with Crippen molar-refractivity contribution in [2.24, 2.45) is 0 Å². The van der Waals surface area contributed by atoms with Gasteiger partial charge in [0.15, 0.2) is 0 Å². The van der Waals surface area contributed by atoms with Gasteiger partial charge in [0, 0.05) is 12.8 Å². The number of carbonyl (C=O) groups excluding carboxylic acids is 1. The number of hydrogen-bond donors (Lipinski definition) is 0. The van der Waals surface area contributed by atoms with Gasteiger partial charge < -0.3 is 4.74 Å². The first kappa shape index (κ1) is 8.96. The summed E-state index contributed by atoms with van der Waals surface area (Å²) in [5.74, 6) is -0.419. The summed E-state index contributed by atoms with van der Waals surface area (Å²) >= 11 is 0. The maximum Gasteiger partial charge on any atom is 0.306 e. The molecule has 0 N–H and O–H groups in total. The van der Waals surface area contributed by atoms with Gasteiger partial charge in [0.25, 0.3) is 0 Å². The molecule has 0 aromatic heterocycles. The van der Waals surface area contributed by atoms with E-state index in [0.29, 0.717) is 19.4 Å². The third kappa shape index (κ3) is 5.10. The number of carbonyl (C=O) groups is 1. The second-order valence-corrected chi connectivity index (χ2v) is 1.69. The predicted octanol–water partition coefficient (Wildman–Crippen LogP) is 0.935. The number of rotatable bonds is 4. The van der Waals surface area contributed by atoms with Crippen LogP contribution in [0.5, 0.6) is 0 Å². The zero-order chi connectivity index (χ0) is 7.82. The van der Waals surface area contributed by atoms with Crippen LogP contribution in [0.1, 0.15) is 19.3 Å². The Hall–Kier alpha value is -1.04. The van der Waals surface area contributed by atoms with Crippen molar-refractivity contribution in [2.45, 2.75) is 19.3 Å². The van der Waals surface area contributed by atoms with Gasteiger partial charge in [0.1, 0.15) is 0 Å². The van der Waals surface area contributed by atoms with Crippen LogP contribution in [0.4, 0.5) is 0 Å². The van der Waals surface area contributed by atoms with E-state index in [-0.39, 0.29) is 6.42 Å². The molecule has 0 spiro atoms. The second kappa shape index (κ2) is 6.09. The Morgan fingerprint density at radius 1 is 1.70 bits per heavy atom. The van der Waals surface area contributed by atoms with E-state index < -0.39 is 5.97 Å². The van der Waals surface area contributed by atoms with Crippen LogP contribution in [-0.4, -0.2) is 12.6 Å². The number of esters is 1. The standard InChI is InChI=1S/C7H9NO2/c1-2-7(9)10-6-4-3-5-8/h1H,2-4,6H2. The van der Waals surface area contributed by atoms with Crippen LogP contribution in [0.3, 0.4) is 0 Å². The minimum atomic E-state index is -0.419. The van der Waals surface area contributed by atoms with E-state index >= 15 is 0 Å². The first-order valence-electron chi connectivity index (χ1n) is 3.04. The summed E-state index contributed by atoms with van der Waals surface area (Å²) in [7, 11) is 0. The molecule has 0 aromatic carbocycles. The molecule has 0 saturated heterocycles. The molecule has 0 aliphatic rings. The first-order valence-corrected chi connectivity index (χ1v) is 3.04. The van der Waals surface area contributed by atoms with E-state index in [2.05, 4.69) is 4.74 Å². The van der Waals surface area contributed by atoms with E-state index in [1.807, 2.05) is 6.07 Å². The molecule has 0 fully saturated rings. The number of hydrogen-bond acceptors (Lipinski definition) is 3. The van der Waals surface area contributed by atoms with Gasteiger partial charge in [-0.2, -0.15) is 5.26 Å². The number of ether oxygens (including phenoxy) is 1. The minimum absolute atomic E-state index is 0.0907. The summed E-state index contributed by atoms with van der Waals surface area (Å²) in [6.45, 7) is 5.24. The van der Waals surface area contributed by atoms with Crippen molar-refractivity contribution in [3.05, 3.63) is 6.92 Å². The molecule has 3 nitrogen and oxygen atoms in total. The second-order valence-electron chi connectivity index (χ2n) is 1.69. The van der Waals surface area contributed by atoms with E-state index in [9.17, 15) is 4.79 Å². The molecule has 0 aromatic rings. The van der Waals surface area contributed by atoms with Crippen LogP contribution in [0.25, 0.3) is 0 Å². The van der Waals surface area contributed by atoms with Gasteiger partial charge in [0.05, 0.1) is 12.7 Å². The smallest absolute Gasteiger partial charge is 0.306 e. The highest BCUT2D eigenvalue weighted by Gasteiger charge is 1.95. The summed E-state index contributed by atoms with van der Waals surface area (Å²) < 4.78 is 4.58. The Morgan fingerprint density at radius 2 is 2.40 bits per heavy atom. The van der Waals surface area contributed by atoms with Gasteiger partial charge >= 0.3 is 5.97 Å². The van der Waals surface area contributed by atoms with Crippen molar-refractivity contribution in [1.82, 2.24) is 0 Å². The predicted molar refractivity (Wildman–Crippen MR) is 34.7 cm³/mol. The van der Waals surface area contributed by atoms with E-state index in [4.69, 9.17) is 12.2 Å². The molecular weight excluding hydrogens is 130 g/mol. The van der Waals surface area contributed by atoms with Crippen molar-refractivity contribution in [1.29, 1.82) is 5.26 Å². The highest BCUT2D eigenvalue weighted by molar-refractivity contribution is 5.69. The molecular formula is C7H9NO2. The maximum atomic E-state index is 10.3. The lowest BCUT2D eigenvalue weighted by Gasteiger charge is -1.98. The fourth-order valence-corrected chi connectivity index (χ4v) is 0.396. The Morgan fingerprint density at radius 3 is 2.90 bits per heavy atom. The first-order chi connectivity index (χ1) is 4.81. The van der Waals surface area contributed by atoms with Crippen LogP contribution >= 0.6 is 0 Å². The molecule has 0 bridgehead atoms. The van der Waals surface area contributed by atoms with E-state index in [1.165, 1.54) is 0 Å². The molecule has 0 heterocycles. The summed E-state index contributed by atoms with van der Waals surface area (Å²) in [5, 5.41) is 8.07. The van der Waals surface area contributed by atoms with Crippen molar-refractivity contribution < 1.29 is 9.53 Å². The van der Waals surface area contributed by atoms with E-state index in [1.54, 1.807) is 0 Å². The summed E-state index contributed by atoms with van der Waals surface area (Å²) in [6, 6.07) is 1.94. The molecule has 0 unspecified atom stereocenters. The fourth-order valence-electron chi connectivity index (χ4n) is 0.396. The van der Waals surface area contributed by atoms with Gasteiger partial charge in [-0.1, -0.05) is 0 Å². The quantitative estimate of drug-likeness (QED) is 0.430. The van der Waals surface area contributed by atoms with Crippen LogP contribution < -0.4 is 0 Å². The highest BCUT2D eigenvalue weighted by atomic mass is 16.5. The zero-order valence-electron chi connectivity index (χ0n) is 5.67. The van der Waals surface area contributed by atoms with Crippen LogP contribution in [0, 0.1) is 18.3 Å². The third-order valence-corrected chi connectivity index (χ3v) is 0.863. The highest BCUT2D eigenvalue weighted by Crippen LogP contribution is 1.90. The van der Waals surface area contributed by atoms with Gasteiger partial charge in [-0.3, -0.25) is 4.79 Å². The third-order valence-electron chi connectivity index (χ3n) is 0.863. The Kier molecular flexibility index (Phi) is 5.45. The molecule has 10 heavy (non-hydrogen) atoms. The molecule has 54 valence electrons. The molecule has 2 radical (unpaired) electrons. The Balaban J connectivity index is 3.05. The van der Waals surface area contributed by atoms with Crippen molar-refractivity contribution in [3.63, 3.8) is 0 Å². The monoisotopic (exact) mass is 139 g/mol. The molecule has 0 aliphatic carbocycles. The lowest BCUT2D eigenvalue weighted by atomic mass is 10.3. The lowest BCUT2D eigenvalue weighted by molar-refractivity contribution is -0.142. The average Bonchev–Trinajstić information content (AvgIpc) is 1.98. The van der Waals surface area contributed by atoms with Crippen molar-refractivity contribution in [2.75, 3.05) is 6.61 Å². The molecule has 0 amide bonds. The molecule has 3 heteroatoms. The van der Waals surface area contributed by atoms with Crippen LogP contribution in [0.15, 0.2) is 0 Å². The van der Waals surface area contributed by atoms with Crippen molar-refractivity contribution >= 4 is 5.97 Å². The largest absolute Gasteiger partial charge is 0.466 e. The summed E-state index contributed by atoms with van der Waals surface area (Å²) in [4.78, 5) is 10.3. The van der Waals surface area contributed by atoms with Gasteiger partial charge in [-0.25, -0.2) is 0 Å². The maximum absolute atomic E-state index is 10.3. The molecule has 0 saturated carbocycles. The van der Waals surface area contributed by atoms with Gasteiger partial charge in [-0.15, -0.1) is 0 Å². The zero-order valence-corrected chi connectivity index (χ0v) is 5.67. The summed E-state index contributed by atoms with van der Waals surface area (Å²) in [5.41, 5.74) is 0. The number of nitriles is 1. The number of nitrogens with zero attached hydrogens (tertiary/aromatic N) is 1. The molecule has 0 atom stereocenters. The topological polar surface area (TPSA) is 50.1 Å². The molecule has 0 aliphatic heterocycles. The van der Waals surface area contributed by atoms with Crippen molar-refractivity contribution in [3.8, 4) is 6.07 Å². The van der Waals surface area contributed by atoms with E-state index in [0.717, 1.165) is 0 Å². The van der Waals surface area contributed by atoms with Gasteiger partial charge in [0.2, 0.25) is 0 Å². The van der Waals surface area contributed by atoms with Crippen LogP contribution in [0.2, 0.25) is 0 Å². The lowest BCUT2D eigenvalue weighted by Crippen LogP contribution is -2.03. The Bertz CT molecular complexity index is 137. The van der Waals surface area contributed by atoms with Crippen LogP contribution in [-0.2, 0) is 9.53 Å². The number of unbranched alkanes of at least 4 members (excludes halogenated alkanes) is 1. The van der Waals surface area contributed by atoms with Gasteiger partial charge in [-0.05, 0) is 13.3 Å². The molecule has 0 rings (SSSR count). The normalized spacial score (nSPS) is 8.40. The average molecular weight is 139 g/mol. The fraction of sp³-hybridized carbons (Fsp3) is 0.571. The Labute approximate surface area is 60.6 Å². The minimum Gasteiger partial charge on any atom is -0.466 e.